The fourth-order valence-electron chi connectivity index (χ4n) is 3.28. The van der Waals surface area contributed by atoms with Crippen LogP contribution in [0.3, 0.4) is 0 Å². The van der Waals surface area contributed by atoms with Crippen molar-refractivity contribution in [3.8, 4) is 5.75 Å². The van der Waals surface area contributed by atoms with Crippen LogP contribution in [0.1, 0.15) is 48.7 Å². The zero-order chi connectivity index (χ0) is 17.8. The first-order valence-electron chi connectivity index (χ1n) is 8.72. The van der Waals surface area contributed by atoms with E-state index in [-0.39, 0.29) is 11.8 Å². The van der Waals surface area contributed by atoms with Crippen molar-refractivity contribution in [3.05, 3.63) is 23.1 Å². The number of amides is 1. The SMILES string of the molecule is CCOc1c(C(=O)OC)sc2ccc(NC(=O)C3CCCCC3)cc12. The maximum absolute atomic E-state index is 12.5. The molecule has 1 aliphatic carbocycles. The quantitative estimate of drug-likeness (QED) is 0.790. The van der Waals surface area contributed by atoms with Crippen LogP contribution in [0.2, 0.25) is 0 Å². The van der Waals surface area contributed by atoms with Crippen LogP contribution in [0.15, 0.2) is 18.2 Å². The normalized spacial score (nSPS) is 15.1. The van der Waals surface area contributed by atoms with Gasteiger partial charge < -0.3 is 14.8 Å². The van der Waals surface area contributed by atoms with Crippen molar-refractivity contribution in [1.82, 2.24) is 0 Å². The van der Waals surface area contributed by atoms with Gasteiger partial charge in [-0.05, 0) is 38.0 Å². The fraction of sp³-hybridized carbons (Fsp3) is 0.474. The van der Waals surface area contributed by atoms with Gasteiger partial charge in [0.25, 0.3) is 0 Å². The van der Waals surface area contributed by atoms with E-state index in [9.17, 15) is 9.59 Å². The Bertz CT molecular complexity index is 777. The Hall–Kier alpha value is -2.08. The molecule has 0 spiro atoms. The van der Waals surface area contributed by atoms with Crippen LogP contribution in [0.5, 0.6) is 5.75 Å². The topological polar surface area (TPSA) is 64.6 Å². The van der Waals surface area contributed by atoms with Gasteiger partial charge in [0.2, 0.25) is 5.91 Å². The van der Waals surface area contributed by atoms with Crippen LogP contribution in [-0.4, -0.2) is 25.6 Å². The van der Waals surface area contributed by atoms with Crippen LogP contribution in [0.25, 0.3) is 10.1 Å². The summed E-state index contributed by atoms with van der Waals surface area (Å²) in [5.41, 5.74) is 0.734. The molecular formula is C19H23NO4S. The van der Waals surface area contributed by atoms with Crippen LogP contribution in [0.4, 0.5) is 5.69 Å². The van der Waals surface area contributed by atoms with Crippen LogP contribution in [0, 0.1) is 5.92 Å². The van der Waals surface area contributed by atoms with E-state index < -0.39 is 5.97 Å². The highest BCUT2D eigenvalue weighted by atomic mass is 32.1. The predicted octanol–water partition coefficient (Wildman–Crippen LogP) is 4.61. The summed E-state index contributed by atoms with van der Waals surface area (Å²) in [5.74, 6) is 0.310. The van der Waals surface area contributed by atoms with Crippen molar-refractivity contribution < 1.29 is 19.1 Å². The first-order valence-corrected chi connectivity index (χ1v) is 9.54. The minimum atomic E-state index is -0.405. The standard InChI is InChI=1S/C19H23NO4S/c1-3-24-16-14-11-13(20-18(21)12-7-5-4-6-8-12)9-10-15(14)25-17(16)19(22)23-2/h9-12H,3-8H2,1-2H3,(H,20,21). The molecule has 2 aromatic rings. The minimum Gasteiger partial charge on any atom is -0.491 e. The van der Waals surface area contributed by atoms with Gasteiger partial charge in [-0.25, -0.2) is 4.79 Å². The van der Waals surface area contributed by atoms with Gasteiger partial charge in [-0.1, -0.05) is 19.3 Å². The van der Waals surface area contributed by atoms with E-state index in [0.717, 1.165) is 41.5 Å². The Morgan fingerprint density at radius 1 is 1.24 bits per heavy atom. The highest BCUT2D eigenvalue weighted by molar-refractivity contribution is 7.21. The van der Waals surface area contributed by atoms with Crippen molar-refractivity contribution in [1.29, 1.82) is 0 Å². The van der Waals surface area contributed by atoms with Crippen LogP contribution in [-0.2, 0) is 9.53 Å². The summed E-state index contributed by atoms with van der Waals surface area (Å²) in [6.07, 6.45) is 5.39. The lowest BCUT2D eigenvalue weighted by Crippen LogP contribution is -2.24. The molecule has 0 unspecified atom stereocenters. The van der Waals surface area contributed by atoms with Crippen molar-refractivity contribution in [3.63, 3.8) is 0 Å². The number of thiophene rings is 1. The van der Waals surface area contributed by atoms with E-state index in [4.69, 9.17) is 9.47 Å². The summed E-state index contributed by atoms with van der Waals surface area (Å²) in [6.45, 7) is 2.33. The molecule has 1 aromatic carbocycles. The summed E-state index contributed by atoms with van der Waals surface area (Å²) in [7, 11) is 1.36. The molecule has 134 valence electrons. The molecule has 0 bridgehead atoms. The minimum absolute atomic E-state index is 0.0837. The van der Waals surface area contributed by atoms with E-state index in [2.05, 4.69) is 5.32 Å². The van der Waals surface area contributed by atoms with E-state index >= 15 is 0 Å². The van der Waals surface area contributed by atoms with E-state index in [1.165, 1.54) is 24.9 Å². The Morgan fingerprint density at radius 2 is 2.00 bits per heavy atom. The number of methoxy groups -OCH3 is 1. The molecule has 1 amide bonds. The largest absolute Gasteiger partial charge is 0.491 e. The number of nitrogens with one attached hydrogen (secondary N) is 1. The number of esters is 1. The molecule has 0 radical (unpaired) electrons. The number of benzene rings is 1. The third kappa shape index (κ3) is 3.79. The lowest BCUT2D eigenvalue weighted by atomic mass is 9.88. The second-order valence-corrected chi connectivity index (χ2v) is 7.27. The van der Waals surface area contributed by atoms with Gasteiger partial charge in [0.1, 0.15) is 0 Å². The Kier molecular flexibility index (Phi) is 5.58. The van der Waals surface area contributed by atoms with Gasteiger partial charge in [0, 0.05) is 21.7 Å². The zero-order valence-corrected chi connectivity index (χ0v) is 15.4. The lowest BCUT2D eigenvalue weighted by molar-refractivity contribution is -0.120. The van der Waals surface area contributed by atoms with Gasteiger partial charge >= 0.3 is 5.97 Å². The molecular weight excluding hydrogens is 338 g/mol. The summed E-state index contributed by atoms with van der Waals surface area (Å²) < 4.78 is 11.5. The molecule has 0 aliphatic heterocycles. The van der Waals surface area contributed by atoms with Gasteiger partial charge in [0.15, 0.2) is 10.6 Å². The van der Waals surface area contributed by atoms with Gasteiger partial charge in [-0.3, -0.25) is 4.79 Å². The molecule has 25 heavy (non-hydrogen) atoms. The Labute approximate surface area is 151 Å². The molecule has 1 aliphatic rings. The Balaban J connectivity index is 1.88. The van der Waals surface area contributed by atoms with E-state index in [1.807, 2.05) is 25.1 Å². The van der Waals surface area contributed by atoms with Gasteiger partial charge in [0.05, 0.1) is 13.7 Å². The average molecular weight is 361 g/mol. The molecule has 6 heteroatoms. The maximum Gasteiger partial charge on any atom is 0.351 e. The van der Waals surface area contributed by atoms with Crippen LogP contribution < -0.4 is 10.1 Å². The monoisotopic (exact) mass is 361 g/mol. The highest BCUT2D eigenvalue weighted by Gasteiger charge is 2.23. The van der Waals surface area contributed by atoms with Crippen molar-refractivity contribution in [2.45, 2.75) is 39.0 Å². The number of hydrogen-bond acceptors (Lipinski definition) is 5. The second-order valence-electron chi connectivity index (χ2n) is 6.22. The van der Waals surface area contributed by atoms with E-state index in [0.29, 0.717) is 17.2 Å². The number of hydrogen-bond donors (Lipinski definition) is 1. The number of carbonyl (C=O) groups is 2. The summed E-state index contributed by atoms with van der Waals surface area (Å²) in [4.78, 5) is 24.9. The lowest BCUT2D eigenvalue weighted by Gasteiger charge is -2.20. The molecule has 3 rings (SSSR count). The molecule has 1 fully saturated rings. The average Bonchev–Trinajstić information content (AvgIpc) is 3.00. The number of fused-ring (bicyclic) bond motifs is 1. The first-order chi connectivity index (χ1) is 12.1. The third-order valence-electron chi connectivity index (χ3n) is 4.55. The summed E-state index contributed by atoms with van der Waals surface area (Å²) in [6, 6.07) is 5.66. The number of ether oxygens (including phenoxy) is 2. The second kappa shape index (κ2) is 7.87. The molecule has 0 saturated heterocycles. The molecule has 0 atom stereocenters. The van der Waals surface area contributed by atoms with Crippen molar-refractivity contribution >= 4 is 39.0 Å². The van der Waals surface area contributed by atoms with E-state index in [1.54, 1.807) is 0 Å². The first kappa shape index (κ1) is 17.7. The maximum atomic E-state index is 12.5. The highest BCUT2D eigenvalue weighted by Crippen LogP contribution is 2.40. The smallest absolute Gasteiger partial charge is 0.351 e. The molecule has 1 aromatic heterocycles. The summed E-state index contributed by atoms with van der Waals surface area (Å²) >= 11 is 1.34. The number of carbonyl (C=O) groups excluding carboxylic acids is 2. The molecule has 1 heterocycles. The molecule has 1 saturated carbocycles. The van der Waals surface area contributed by atoms with Crippen molar-refractivity contribution in [2.24, 2.45) is 5.92 Å². The van der Waals surface area contributed by atoms with Crippen molar-refractivity contribution in [2.75, 3.05) is 19.0 Å². The summed E-state index contributed by atoms with van der Waals surface area (Å²) in [5, 5.41) is 3.85. The fourth-order valence-corrected chi connectivity index (χ4v) is 4.32. The van der Waals surface area contributed by atoms with Crippen LogP contribution >= 0.6 is 11.3 Å². The Morgan fingerprint density at radius 3 is 2.68 bits per heavy atom. The van der Waals surface area contributed by atoms with Gasteiger partial charge in [-0.15, -0.1) is 11.3 Å². The third-order valence-corrected chi connectivity index (χ3v) is 5.68. The molecule has 5 nitrogen and oxygen atoms in total. The number of rotatable bonds is 5. The number of anilines is 1. The zero-order valence-electron chi connectivity index (χ0n) is 14.6. The predicted molar refractivity (Wildman–Crippen MR) is 99.5 cm³/mol. The van der Waals surface area contributed by atoms with Gasteiger partial charge in [-0.2, -0.15) is 0 Å². The molecule has 1 N–H and O–H groups in total.